The molecule has 0 N–H and O–H groups in total. The van der Waals surface area contributed by atoms with Crippen LogP contribution >= 0.6 is 0 Å². The molecule has 0 radical (unpaired) electrons. The Labute approximate surface area is 129 Å². The minimum atomic E-state index is 0. The van der Waals surface area contributed by atoms with Gasteiger partial charge >= 0.3 is 18.9 Å². The van der Waals surface area contributed by atoms with Crippen molar-refractivity contribution in [1.29, 1.82) is 0 Å². The molecule has 0 aliphatic heterocycles. The van der Waals surface area contributed by atoms with Crippen LogP contribution in [0.4, 0.5) is 0 Å². The van der Waals surface area contributed by atoms with Crippen LogP contribution in [0.3, 0.4) is 0 Å². The van der Waals surface area contributed by atoms with Gasteiger partial charge in [-0.05, 0) is 0 Å². The third kappa shape index (κ3) is 32.2. The molecule has 0 saturated heterocycles. The number of methoxy groups -OCH3 is 4. The predicted octanol–water partition coefficient (Wildman–Crippen LogP) is -2.40. The average molecular weight is 275 g/mol. The molecule has 0 heterocycles. The van der Waals surface area contributed by atoms with Crippen LogP contribution in [-0.2, 0) is 28.4 Å². The zero-order valence-corrected chi connectivity index (χ0v) is 13.1. The van der Waals surface area contributed by atoms with E-state index in [0.29, 0.717) is 52.9 Å². The van der Waals surface area contributed by atoms with Gasteiger partial charge in [0.2, 0.25) is 0 Å². The molecule has 0 aliphatic rings. The van der Waals surface area contributed by atoms with E-state index in [1.807, 2.05) is 0 Å². The third-order valence-electron chi connectivity index (χ3n) is 1.73. The van der Waals surface area contributed by atoms with Crippen LogP contribution in [0.5, 0.6) is 0 Å². The number of rotatable bonds is 12. The van der Waals surface area contributed by atoms with Crippen molar-refractivity contribution in [2.24, 2.45) is 0 Å². The second-order valence-corrected chi connectivity index (χ2v) is 3.20. The minimum absolute atomic E-state index is 0. The Balaban J connectivity index is -0.000000256. The van der Waals surface area contributed by atoms with Crippen LogP contribution in [0, 0.1) is 0 Å². The van der Waals surface area contributed by atoms with Gasteiger partial charge in [0.25, 0.3) is 0 Å². The molecule has 0 spiro atoms. The second kappa shape index (κ2) is 26.8. The van der Waals surface area contributed by atoms with E-state index in [1.54, 1.807) is 28.4 Å². The van der Waals surface area contributed by atoms with Gasteiger partial charge in [-0.25, -0.2) is 0 Å². The van der Waals surface area contributed by atoms with Crippen molar-refractivity contribution in [2.45, 2.75) is 0 Å². The zero-order chi connectivity index (χ0) is 13.9. The van der Waals surface area contributed by atoms with Crippen LogP contribution in [0.25, 0.3) is 0 Å². The third-order valence-corrected chi connectivity index (χ3v) is 1.73. The zero-order valence-electron chi connectivity index (χ0n) is 13.1. The maximum absolute atomic E-state index is 5.06. The summed E-state index contributed by atoms with van der Waals surface area (Å²) in [5.74, 6) is 0. The first-order chi connectivity index (χ1) is 8.83. The molecule has 0 aromatic heterocycles. The Morgan fingerprint density at radius 2 is 0.632 bits per heavy atom. The Morgan fingerprint density at radius 3 is 0.789 bits per heavy atom. The molecule has 0 fully saturated rings. The van der Waals surface area contributed by atoms with Gasteiger partial charge in [0.05, 0.1) is 52.9 Å². The van der Waals surface area contributed by atoms with Crippen LogP contribution in [0.2, 0.25) is 0 Å². The van der Waals surface area contributed by atoms with Crippen LogP contribution in [-0.4, -0.2) is 81.3 Å². The molecule has 0 bridgehead atoms. The summed E-state index contributed by atoms with van der Waals surface area (Å²) < 4.78 is 29.2. The van der Waals surface area contributed by atoms with Gasteiger partial charge in [-0.1, -0.05) is 0 Å². The fourth-order valence-corrected chi connectivity index (χ4v) is 0.773. The molecule has 0 aliphatic carbocycles. The summed E-state index contributed by atoms with van der Waals surface area (Å²) >= 11 is 0. The number of ether oxygens (including phenoxy) is 6. The van der Waals surface area contributed by atoms with Gasteiger partial charge < -0.3 is 28.4 Å². The second-order valence-electron chi connectivity index (χ2n) is 3.20. The smallest absolute Gasteiger partial charge is 0.382 e. The molecule has 6 nitrogen and oxygen atoms in total. The quantitative estimate of drug-likeness (QED) is 0.292. The fourth-order valence-electron chi connectivity index (χ4n) is 0.773. The van der Waals surface area contributed by atoms with Crippen molar-refractivity contribution >= 4 is 0 Å². The van der Waals surface area contributed by atoms with E-state index in [2.05, 4.69) is 0 Å². The molecule has 0 rings (SSSR count). The van der Waals surface area contributed by atoms with Gasteiger partial charge in [-0.15, -0.1) is 0 Å². The van der Waals surface area contributed by atoms with Crippen molar-refractivity contribution in [1.82, 2.24) is 0 Å². The topological polar surface area (TPSA) is 55.4 Å². The summed E-state index contributed by atoms with van der Waals surface area (Å²) in [6, 6.07) is 0. The largest absolute Gasteiger partial charge is 1.00 e. The molecule has 0 amide bonds. The van der Waals surface area contributed by atoms with Crippen LogP contribution in [0.15, 0.2) is 0 Å². The first kappa shape index (κ1) is 24.4. The molecule has 0 saturated carbocycles. The maximum atomic E-state index is 5.06. The van der Waals surface area contributed by atoms with E-state index < -0.39 is 0 Å². The van der Waals surface area contributed by atoms with E-state index in [1.165, 1.54) is 0 Å². The van der Waals surface area contributed by atoms with Crippen molar-refractivity contribution in [3.05, 3.63) is 0 Å². The minimum Gasteiger partial charge on any atom is -0.382 e. The predicted molar refractivity (Wildman–Crippen MR) is 69.1 cm³/mol. The van der Waals surface area contributed by atoms with Crippen LogP contribution < -0.4 is 18.9 Å². The van der Waals surface area contributed by atoms with Gasteiger partial charge in [-0.2, -0.15) is 0 Å². The Kier molecular flexibility index (Phi) is 34.4. The van der Waals surface area contributed by atoms with Crippen molar-refractivity contribution in [3.8, 4) is 0 Å². The van der Waals surface area contributed by atoms with Crippen molar-refractivity contribution in [3.63, 3.8) is 0 Å². The Bertz CT molecular complexity index is 103. The maximum Gasteiger partial charge on any atom is 1.00 e. The molecule has 7 heteroatoms. The molecule has 112 valence electrons. The Morgan fingerprint density at radius 1 is 0.421 bits per heavy atom. The summed E-state index contributed by atoms with van der Waals surface area (Å²) in [7, 11) is 6.61. The first-order valence-electron chi connectivity index (χ1n) is 5.94. The van der Waals surface area contributed by atoms with Gasteiger partial charge in [-0.3, -0.25) is 0 Å². The van der Waals surface area contributed by atoms with E-state index in [9.17, 15) is 0 Å². The molecule has 0 aromatic rings. The fraction of sp³-hybridized carbons (Fsp3) is 1.00. The molecular weight excluding hydrogens is 247 g/mol. The SMILES string of the molecule is COCCOCCOC.COCCOCCOC.[Li+]. The molecule has 0 unspecified atom stereocenters. The first-order valence-corrected chi connectivity index (χ1v) is 5.94. The van der Waals surface area contributed by atoms with Crippen molar-refractivity contribution < 1.29 is 47.3 Å². The molecule has 0 aromatic carbocycles. The monoisotopic (exact) mass is 275 g/mol. The van der Waals surface area contributed by atoms with E-state index in [4.69, 9.17) is 28.4 Å². The van der Waals surface area contributed by atoms with E-state index in [0.717, 1.165) is 0 Å². The summed E-state index contributed by atoms with van der Waals surface area (Å²) in [5, 5.41) is 0. The van der Waals surface area contributed by atoms with Gasteiger partial charge in [0.1, 0.15) is 0 Å². The van der Waals surface area contributed by atoms with Crippen LogP contribution in [0.1, 0.15) is 0 Å². The number of hydrogen-bond donors (Lipinski definition) is 0. The molecule has 0 atom stereocenters. The average Bonchev–Trinajstić information content (AvgIpc) is 2.39. The summed E-state index contributed by atoms with van der Waals surface area (Å²) in [4.78, 5) is 0. The normalized spacial score (nSPS) is 9.47. The van der Waals surface area contributed by atoms with E-state index >= 15 is 0 Å². The summed E-state index contributed by atoms with van der Waals surface area (Å²) in [6.07, 6.45) is 0. The summed E-state index contributed by atoms with van der Waals surface area (Å²) in [6.45, 7) is 5.24. The van der Waals surface area contributed by atoms with Gasteiger partial charge in [0, 0.05) is 28.4 Å². The van der Waals surface area contributed by atoms with Gasteiger partial charge in [0.15, 0.2) is 0 Å². The molecular formula is C12H28LiO6+. The number of hydrogen-bond acceptors (Lipinski definition) is 6. The standard InChI is InChI=1S/2C6H14O3.Li/c2*1-7-3-5-9-6-4-8-2;/h2*3-6H2,1-2H3;/q;;+1. The van der Waals surface area contributed by atoms with Crippen molar-refractivity contribution in [2.75, 3.05) is 81.3 Å². The van der Waals surface area contributed by atoms with E-state index in [-0.39, 0.29) is 18.9 Å². The molecule has 19 heavy (non-hydrogen) atoms. The summed E-state index contributed by atoms with van der Waals surface area (Å²) in [5.41, 5.74) is 0. The Hall–Kier alpha value is 0.357.